The fraction of sp³-hybridized carbons (Fsp3) is 0.636. The molecule has 2 heterocycles. The molecule has 160 valence electrons. The first kappa shape index (κ1) is 21.9. The molecule has 2 saturated heterocycles. The molecule has 0 radical (unpaired) electrons. The molecule has 0 aliphatic carbocycles. The van der Waals surface area contributed by atoms with Crippen molar-refractivity contribution in [1.82, 2.24) is 10.2 Å². The number of ether oxygens (including phenoxy) is 2. The molecular formula is C22H32ClN3O3. The zero-order chi connectivity index (χ0) is 20.7. The highest BCUT2D eigenvalue weighted by atomic mass is 35.5. The lowest BCUT2D eigenvalue weighted by Crippen LogP contribution is -2.47. The summed E-state index contributed by atoms with van der Waals surface area (Å²) in [5.41, 5.74) is 1.17. The molecule has 0 saturated carbocycles. The first-order chi connectivity index (χ1) is 14.1. The maximum Gasteiger partial charge on any atom is 0.308 e. The smallest absolute Gasteiger partial charge is 0.308 e. The third-order valence-corrected chi connectivity index (χ3v) is 6.32. The minimum absolute atomic E-state index is 0.00702. The maximum absolute atomic E-state index is 11.8. The zero-order valence-corrected chi connectivity index (χ0v) is 18.2. The van der Waals surface area contributed by atoms with Gasteiger partial charge in [-0.05, 0) is 50.3 Å². The lowest BCUT2D eigenvalue weighted by Gasteiger charge is -2.38. The van der Waals surface area contributed by atoms with Crippen LogP contribution in [0.2, 0.25) is 5.02 Å². The van der Waals surface area contributed by atoms with Crippen molar-refractivity contribution in [3.05, 3.63) is 34.9 Å². The van der Waals surface area contributed by atoms with Gasteiger partial charge in [0.2, 0.25) is 0 Å². The number of hydrogen-bond acceptors (Lipinski definition) is 4. The van der Waals surface area contributed by atoms with Crippen molar-refractivity contribution < 1.29 is 14.3 Å². The van der Waals surface area contributed by atoms with Crippen LogP contribution in [-0.2, 0) is 19.7 Å². The molecule has 3 rings (SSSR count). The second-order valence-corrected chi connectivity index (χ2v) is 8.29. The van der Waals surface area contributed by atoms with E-state index in [1.54, 1.807) is 0 Å². The molecular weight excluding hydrogens is 390 g/mol. The molecule has 0 atom stereocenters. The number of benzene rings is 1. The summed E-state index contributed by atoms with van der Waals surface area (Å²) < 4.78 is 10.5. The van der Waals surface area contributed by atoms with E-state index in [0.29, 0.717) is 6.54 Å². The highest BCUT2D eigenvalue weighted by Crippen LogP contribution is 2.36. The van der Waals surface area contributed by atoms with E-state index in [-0.39, 0.29) is 17.3 Å². The molecule has 0 aromatic heterocycles. The molecule has 0 spiro atoms. The molecule has 1 aromatic carbocycles. The van der Waals surface area contributed by atoms with E-state index >= 15 is 0 Å². The quantitative estimate of drug-likeness (QED) is 0.449. The maximum atomic E-state index is 11.8. The van der Waals surface area contributed by atoms with E-state index in [2.05, 4.69) is 29.3 Å². The molecule has 0 unspecified atom stereocenters. The Morgan fingerprint density at radius 1 is 1.34 bits per heavy atom. The average molecular weight is 422 g/mol. The molecule has 1 N–H and O–H groups in total. The Labute approximate surface area is 178 Å². The van der Waals surface area contributed by atoms with Gasteiger partial charge in [0.15, 0.2) is 5.96 Å². The van der Waals surface area contributed by atoms with Crippen molar-refractivity contribution in [3.8, 4) is 0 Å². The first-order valence-corrected chi connectivity index (χ1v) is 10.9. The zero-order valence-electron chi connectivity index (χ0n) is 17.5. The Morgan fingerprint density at radius 2 is 2.07 bits per heavy atom. The third kappa shape index (κ3) is 5.43. The number of guanidine groups is 1. The summed E-state index contributed by atoms with van der Waals surface area (Å²) in [6, 6.07) is 8.15. The number of carbonyl (C=O) groups is 1. The van der Waals surface area contributed by atoms with Crippen LogP contribution in [0.3, 0.4) is 0 Å². The molecule has 2 aliphatic heterocycles. The number of rotatable bonds is 5. The van der Waals surface area contributed by atoms with Crippen LogP contribution in [-0.4, -0.2) is 63.3 Å². The molecule has 1 aromatic rings. The Morgan fingerprint density at radius 3 is 2.69 bits per heavy atom. The molecule has 29 heavy (non-hydrogen) atoms. The van der Waals surface area contributed by atoms with Crippen LogP contribution in [0.4, 0.5) is 0 Å². The van der Waals surface area contributed by atoms with Gasteiger partial charge in [0.1, 0.15) is 0 Å². The second kappa shape index (κ2) is 10.3. The van der Waals surface area contributed by atoms with E-state index in [9.17, 15) is 4.79 Å². The van der Waals surface area contributed by atoms with E-state index in [4.69, 9.17) is 26.1 Å². The van der Waals surface area contributed by atoms with Crippen molar-refractivity contribution in [2.75, 3.05) is 46.5 Å². The number of esters is 1. The Bertz CT molecular complexity index is 711. The van der Waals surface area contributed by atoms with Crippen molar-refractivity contribution >= 4 is 23.5 Å². The summed E-state index contributed by atoms with van der Waals surface area (Å²) in [6.07, 6.45) is 3.45. The van der Waals surface area contributed by atoms with E-state index < -0.39 is 0 Å². The summed E-state index contributed by atoms with van der Waals surface area (Å²) in [5, 5.41) is 4.19. The Hall–Kier alpha value is -1.79. The van der Waals surface area contributed by atoms with Crippen molar-refractivity contribution in [3.63, 3.8) is 0 Å². The summed E-state index contributed by atoms with van der Waals surface area (Å²) in [6.45, 7) is 6.67. The Balaban J connectivity index is 1.76. The fourth-order valence-electron chi connectivity index (χ4n) is 4.26. The number of nitrogens with zero attached hydrogens (tertiary/aromatic N) is 2. The molecule has 6 nitrogen and oxygen atoms in total. The van der Waals surface area contributed by atoms with Gasteiger partial charge in [-0.2, -0.15) is 0 Å². The van der Waals surface area contributed by atoms with Crippen molar-refractivity contribution in [2.45, 2.75) is 38.0 Å². The molecule has 2 aliphatic rings. The van der Waals surface area contributed by atoms with E-state index in [1.165, 1.54) is 12.7 Å². The number of methoxy groups -OCH3 is 1. The number of aliphatic imine (C=N–C) groups is 1. The number of halogens is 1. The molecule has 0 bridgehead atoms. The van der Waals surface area contributed by atoms with Gasteiger partial charge in [0, 0.05) is 43.3 Å². The summed E-state index contributed by atoms with van der Waals surface area (Å²) in [7, 11) is 1.46. The lowest BCUT2D eigenvalue weighted by atomic mass is 9.74. The summed E-state index contributed by atoms with van der Waals surface area (Å²) >= 11 is 6.29. The van der Waals surface area contributed by atoms with Crippen molar-refractivity contribution in [1.29, 1.82) is 0 Å². The lowest BCUT2D eigenvalue weighted by molar-refractivity contribution is -0.146. The van der Waals surface area contributed by atoms with Crippen LogP contribution in [0.25, 0.3) is 0 Å². The van der Waals surface area contributed by atoms with Gasteiger partial charge in [0.05, 0.1) is 19.6 Å². The Kier molecular flexibility index (Phi) is 7.78. The number of carbonyl (C=O) groups excluding carboxylic acids is 1. The minimum Gasteiger partial charge on any atom is -0.469 e. The predicted molar refractivity (Wildman–Crippen MR) is 115 cm³/mol. The van der Waals surface area contributed by atoms with E-state index in [0.717, 1.165) is 69.5 Å². The van der Waals surface area contributed by atoms with Gasteiger partial charge < -0.3 is 19.7 Å². The van der Waals surface area contributed by atoms with Crippen LogP contribution >= 0.6 is 11.6 Å². The third-order valence-electron chi connectivity index (χ3n) is 6.08. The highest BCUT2D eigenvalue weighted by molar-refractivity contribution is 6.30. The largest absolute Gasteiger partial charge is 0.469 e. The highest BCUT2D eigenvalue weighted by Gasteiger charge is 2.35. The van der Waals surface area contributed by atoms with Crippen molar-refractivity contribution in [2.24, 2.45) is 10.9 Å². The minimum atomic E-state index is -0.103. The molecule has 0 amide bonds. The van der Waals surface area contributed by atoms with Gasteiger partial charge in [-0.15, -0.1) is 0 Å². The topological polar surface area (TPSA) is 63.2 Å². The van der Waals surface area contributed by atoms with Gasteiger partial charge in [-0.3, -0.25) is 9.79 Å². The fourth-order valence-corrected chi connectivity index (χ4v) is 4.45. The van der Waals surface area contributed by atoms with Crippen LogP contribution in [0.1, 0.15) is 38.2 Å². The molecule has 2 fully saturated rings. The average Bonchev–Trinajstić information content (AvgIpc) is 2.77. The second-order valence-electron chi connectivity index (χ2n) is 7.86. The number of piperidine rings is 1. The summed E-state index contributed by atoms with van der Waals surface area (Å²) in [5.74, 6) is 0.810. The van der Waals surface area contributed by atoms with Crippen LogP contribution in [0, 0.1) is 5.92 Å². The normalized spacial score (nSPS) is 20.4. The SMILES string of the molecule is CCNC(=NCC1(c2cccc(Cl)c2)CCOCC1)N1CCC(C(=O)OC)CC1. The van der Waals surface area contributed by atoms with Gasteiger partial charge >= 0.3 is 5.97 Å². The van der Waals surface area contributed by atoms with Gasteiger partial charge in [-0.25, -0.2) is 0 Å². The van der Waals surface area contributed by atoms with Crippen LogP contribution in [0.5, 0.6) is 0 Å². The summed E-state index contributed by atoms with van der Waals surface area (Å²) in [4.78, 5) is 19.1. The monoisotopic (exact) mass is 421 g/mol. The first-order valence-electron chi connectivity index (χ1n) is 10.5. The molecule has 7 heteroatoms. The van der Waals surface area contributed by atoms with Crippen LogP contribution < -0.4 is 5.32 Å². The number of hydrogen-bond donors (Lipinski definition) is 1. The predicted octanol–water partition coefficient (Wildman–Crippen LogP) is 3.24. The van der Waals surface area contributed by atoms with Crippen LogP contribution in [0.15, 0.2) is 29.3 Å². The standard InChI is InChI=1S/C22H32ClN3O3/c1-3-24-21(26-11-7-17(8-12-26)20(27)28-2)25-16-22(9-13-29-14-10-22)18-5-4-6-19(23)15-18/h4-6,15,17H,3,7-14,16H2,1-2H3,(H,24,25). The van der Waals surface area contributed by atoms with Gasteiger partial charge in [0.25, 0.3) is 0 Å². The van der Waals surface area contributed by atoms with Gasteiger partial charge in [-0.1, -0.05) is 23.7 Å². The van der Waals surface area contributed by atoms with E-state index in [1.807, 2.05) is 12.1 Å². The number of likely N-dealkylation sites (tertiary alicyclic amines) is 1. The number of nitrogens with one attached hydrogen (secondary N) is 1.